The van der Waals surface area contributed by atoms with Gasteiger partial charge in [0.2, 0.25) is 0 Å². The summed E-state index contributed by atoms with van der Waals surface area (Å²) in [5.41, 5.74) is 5.56. The Hall–Kier alpha value is -1.88. The minimum atomic E-state index is 0.158. The average molecular weight is 544 g/mol. The Balaban J connectivity index is 0.000000497. The second-order valence-electron chi connectivity index (χ2n) is 10.5. The lowest BCUT2D eigenvalue weighted by molar-refractivity contribution is 0.112. The van der Waals surface area contributed by atoms with Gasteiger partial charge < -0.3 is 15.1 Å². The van der Waals surface area contributed by atoms with Gasteiger partial charge in [-0.2, -0.15) is 0 Å². The van der Waals surface area contributed by atoms with Crippen molar-refractivity contribution >= 4 is 29.1 Å². The molecule has 3 rings (SSSR count). The molecule has 0 saturated carbocycles. The first-order valence-electron chi connectivity index (χ1n) is 14.8. The summed E-state index contributed by atoms with van der Waals surface area (Å²) in [4.78, 5) is 16.2. The van der Waals surface area contributed by atoms with Gasteiger partial charge in [0.15, 0.2) is 0 Å². The SMILES string of the molecule is C=CC1CN(c2cc(C=O)ccc2C(=C)C(C)CC)CCNC1/C=C/Cl.CCC.CCCN1CCCCC1. The molecular formula is C33H54ClN3O. The van der Waals surface area contributed by atoms with Gasteiger partial charge in [-0.15, -0.1) is 6.58 Å². The normalized spacial score (nSPS) is 20.8. The van der Waals surface area contributed by atoms with Crippen LogP contribution in [-0.4, -0.2) is 56.5 Å². The summed E-state index contributed by atoms with van der Waals surface area (Å²) in [6.45, 7) is 25.7. The monoisotopic (exact) mass is 543 g/mol. The van der Waals surface area contributed by atoms with E-state index in [2.05, 4.69) is 62.9 Å². The third-order valence-corrected chi connectivity index (χ3v) is 7.42. The van der Waals surface area contributed by atoms with Crippen LogP contribution in [0.5, 0.6) is 0 Å². The van der Waals surface area contributed by atoms with Gasteiger partial charge in [0.25, 0.3) is 0 Å². The van der Waals surface area contributed by atoms with E-state index in [4.69, 9.17) is 11.6 Å². The lowest BCUT2D eigenvalue weighted by atomic mass is 9.91. The summed E-state index contributed by atoms with van der Waals surface area (Å²) >= 11 is 5.80. The fourth-order valence-corrected chi connectivity index (χ4v) is 5.03. The van der Waals surface area contributed by atoms with Gasteiger partial charge in [0.1, 0.15) is 6.29 Å². The molecule has 1 aromatic carbocycles. The van der Waals surface area contributed by atoms with Crippen molar-refractivity contribution in [3.8, 4) is 0 Å². The highest BCUT2D eigenvalue weighted by atomic mass is 35.5. The second kappa shape index (κ2) is 20.1. The fourth-order valence-electron chi connectivity index (χ4n) is 4.87. The molecule has 0 spiro atoms. The van der Waals surface area contributed by atoms with Crippen LogP contribution >= 0.6 is 11.6 Å². The molecule has 4 nitrogen and oxygen atoms in total. The maximum absolute atomic E-state index is 11.3. The molecule has 214 valence electrons. The molecule has 2 aliphatic heterocycles. The predicted octanol–water partition coefficient (Wildman–Crippen LogP) is 8.19. The molecule has 38 heavy (non-hydrogen) atoms. The topological polar surface area (TPSA) is 35.6 Å². The number of carbonyl (C=O) groups is 1. The van der Waals surface area contributed by atoms with E-state index in [9.17, 15) is 4.79 Å². The molecule has 0 bridgehead atoms. The second-order valence-corrected chi connectivity index (χ2v) is 10.7. The number of aldehydes is 1. The molecule has 0 radical (unpaired) electrons. The van der Waals surface area contributed by atoms with Gasteiger partial charge in [0, 0.05) is 53.9 Å². The van der Waals surface area contributed by atoms with Crippen LogP contribution in [0, 0.1) is 11.8 Å². The van der Waals surface area contributed by atoms with E-state index < -0.39 is 0 Å². The number of nitrogens with one attached hydrogen (secondary N) is 1. The lowest BCUT2D eigenvalue weighted by Gasteiger charge is -2.30. The average Bonchev–Trinajstić information content (AvgIpc) is 3.15. The van der Waals surface area contributed by atoms with Gasteiger partial charge in [-0.1, -0.05) is 89.9 Å². The maximum Gasteiger partial charge on any atom is 0.150 e. The van der Waals surface area contributed by atoms with Crippen molar-refractivity contribution < 1.29 is 4.79 Å². The molecule has 3 atom stereocenters. The number of carbonyl (C=O) groups excluding carboxylic acids is 1. The highest BCUT2D eigenvalue weighted by molar-refractivity contribution is 6.25. The third kappa shape index (κ3) is 11.5. The standard InChI is InChI=1S/C22H29ClN2O.C8H17N.C3H8/c1-5-16(3)17(4)20-8-7-18(15-26)13-22(20)25-12-11-24-21(9-10-23)19(6-2)14-25;1-2-6-9-7-4-3-5-8-9;1-3-2/h6-10,13,15-16,19,21,24H,2,4-5,11-12,14H2,1,3H3;2-8H2,1H3;3H2,1-2H3/b10-9+;;. The molecule has 3 unspecified atom stereocenters. The highest BCUT2D eigenvalue weighted by Crippen LogP contribution is 2.34. The van der Waals surface area contributed by atoms with E-state index in [0.29, 0.717) is 11.5 Å². The Bertz CT molecular complexity index is 844. The quantitative estimate of drug-likeness (QED) is 0.251. The van der Waals surface area contributed by atoms with Gasteiger partial charge in [-0.25, -0.2) is 0 Å². The molecule has 0 amide bonds. The number of rotatable bonds is 9. The first kappa shape index (κ1) is 34.1. The molecule has 1 N–H and O–H groups in total. The first-order chi connectivity index (χ1) is 18.4. The number of nitrogens with zero attached hydrogens (tertiary/aromatic N) is 2. The summed E-state index contributed by atoms with van der Waals surface area (Å²) in [5.74, 6) is 0.611. The molecule has 1 aromatic rings. The zero-order valence-corrected chi connectivity index (χ0v) is 25.6. The van der Waals surface area contributed by atoms with Crippen molar-refractivity contribution in [2.24, 2.45) is 11.8 Å². The number of piperidine rings is 1. The smallest absolute Gasteiger partial charge is 0.150 e. The zero-order valence-electron chi connectivity index (χ0n) is 24.9. The molecular weight excluding hydrogens is 490 g/mol. The zero-order chi connectivity index (χ0) is 28.3. The van der Waals surface area contributed by atoms with Crippen molar-refractivity contribution in [2.45, 2.75) is 79.2 Å². The van der Waals surface area contributed by atoms with Crippen LogP contribution in [0.2, 0.25) is 0 Å². The van der Waals surface area contributed by atoms with E-state index in [1.165, 1.54) is 51.7 Å². The van der Waals surface area contributed by atoms with Crippen molar-refractivity contribution in [3.63, 3.8) is 0 Å². The van der Waals surface area contributed by atoms with Crippen molar-refractivity contribution in [3.05, 3.63) is 60.2 Å². The Labute approximate surface area is 239 Å². The summed E-state index contributed by atoms with van der Waals surface area (Å²) in [6, 6.07) is 6.04. The molecule has 5 heteroatoms. The number of hydrogen-bond donors (Lipinski definition) is 1. The van der Waals surface area contributed by atoms with Crippen molar-refractivity contribution in [2.75, 3.05) is 44.2 Å². The minimum absolute atomic E-state index is 0.158. The molecule has 2 aliphatic rings. The summed E-state index contributed by atoms with van der Waals surface area (Å²) in [5, 5.41) is 3.52. The maximum atomic E-state index is 11.3. The summed E-state index contributed by atoms with van der Waals surface area (Å²) in [6.07, 6.45) is 12.8. The van der Waals surface area contributed by atoms with Crippen LogP contribution in [0.1, 0.15) is 89.1 Å². The molecule has 0 aliphatic carbocycles. The van der Waals surface area contributed by atoms with Crippen molar-refractivity contribution in [1.82, 2.24) is 10.2 Å². The largest absolute Gasteiger partial charge is 0.369 e. The highest BCUT2D eigenvalue weighted by Gasteiger charge is 2.25. The molecule has 2 fully saturated rings. The van der Waals surface area contributed by atoms with E-state index in [0.717, 1.165) is 49.2 Å². The van der Waals surface area contributed by atoms with E-state index >= 15 is 0 Å². The Kier molecular flexibility index (Phi) is 18.0. The Morgan fingerprint density at radius 1 is 1.16 bits per heavy atom. The van der Waals surface area contributed by atoms with E-state index in [1.54, 1.807) is 5.54 Å². The van der Waals surface area contributed by atoms with E-state index in [1.807, 2.05) is 30.4 Å². The van der Waals surface area contributed by atoms with Crippen LogP contribution in [0.25, 0.3) is 5.57 Å². The first-order valence-corrected chi connectivity index (χ1v) is 15.2. The Morgan fingerprint density at radius 3 is 2.39 bits per heavy atom. The van der Waals surface area contributed by atoms with Gasteiger partial charge in [-0.05, 0) is 62.9 Å². The molecule has 2 heterocycles. The van der Waals surface area contributed by atoms with Crippen molar-refractivity contribution in [1.29, 1.82) is 0 Å². The van der Waals surface area contributed by atoms with Gasteiger partial charge >= 0.3 is 0 Å². The van der Waals surface area contributed by atoms with Crippen LogP contribution in [0.4, 0.5) is 5.69 Å². The van der Waals surface area contributed by atoms with Crippen LogP contribution in [-0.2, 0) is 0 Å². The van der Waals surface area contributed by atoms with Gasteiger partial charge in [-0.3, -0.25) is 4.79 Å². The molecule has 2 saturated heterocycles. The third-order valence-electron chi connectivity index (χ3n) is 7.28. The summed E-state index contributed by atoms with van der Waals surface area (Å²) in [7, 11) is 0. The number of hydrogen-bond acceptors (Lipinski definition) is 4. The summed E-state index contributed by atoms with van der Waals surface area (Å²) < 4.78 is 0. The number of likely N-dealkylation sites (tertiary alicyclic amines) is 1. The molecule has 0 aromatic heterocycles. The minimum Gasteiger partial charge on any atom is -0.369 e. The number of anilines is 1. The number of benzene rings is 1. The van der Waals surface area contributed by atoms with Crippen LogP contribution in [0.15, 0.2) is 49.0 Å². The Morgan fingerprint density at radius 2 is 1.84 bits per heavy atom. The van der Waals surface area contributed by atoms with Crippen LogP contribution < -0.4 is 10.2 Å². The predicted molar refractivity (Wildman–Crippen MR) is 170 cm³/mol. The number of allylic oxidation sites excluding steroid dienone is 1. The lowest BCUT2D eigenvalue weighted by Crippen LogP contribution is -2.34. The fraction of sp³-hybridized carbons (Fsp3) is 0.606. The van der Waals surface area contributed by atoms with Gasteiger partial charge in [0.05, 0.1) is 0 Å². The van der Waals surface area contributed by atoms with E-state index in [-0.39, 0.29) is 12.0 Å². The number of halogens is 1. The van der Waals surface area contributed by atoms with Crippen LogP contribution in [0.3, 0.4) is 0 Å².